The topological polar surface area (TPSA) is 47.6 Å². The van der Waals surface area contributed by atoms with Gasteiger partial charge in [0.15, 0.2) is 0 Å². The Labute approximate surface area is 228 Å². The zero-order valence-electron chi connectivity index (χ0n) is 23.4. The van der Waals surface area contributed by atoms with E-state index in [1.54, 1.807) is 0 Å². The van der Waals surface area contributed by atoms with Gasteiger partial charge in [0.2, 0.25) is 5.91 Å². The second kappa shape index (κ2) is 13.1. The van der Waals surface area contributed by atoms with Gasteiger partial charge >= 0.3 is 0 Å². The van der Waals surface area contributed by atoms with E-state index in [9.17, 15) is 4.79 Å². The van der Waals surface area contributed by atoms with Gasteiger partial charge in [-0.2, -0.15) is 0 Å². The quantitative estimate of drug-likeness (QED) is 0.292. The van der Waals surface area contributed by atoms with Crippen LogP contribution >= 0.6 is 0 Å². The Balaban J connectivity index is 1.44. The standard InChI is InChI=1S/C34H43NO3/c1-25(2)38-29-17-15-28(16-18-29)30(26-11-7-5-8-12-26)19-21-35-33(36)23-31(27-13-9-6-10-14-27)32-20-22-37-24-34(32,3)4/h5-18,25,30-32H,19-24H2,1-4H3,(H,35,36)/t30-,31+,32+/m0/s1. The minimum absolute atomic E-state index is 0.0306. The molecule has 1 aliphatic heterocycles. The van der Waals surface area contributed by atoms with E-state index in [-0.39, 0.29) is 29.3 Å². The SMILES string of the molecule is CC(C)Oc1ccc([C@@H](CCNC(=O)C[C@H](c2ccccc2)[C@H]2CCOCC2(C)C)c2ccccc2)cc1. The van der Waals surface area contributed by atoms with Crippen LogP contribution in [0.2, 0.25) is 0 Å². The Kier molecular flexibility index (Phi) is 9.63. The fourth-order valence-electron chi connectivity index (χ4n) is 5.87. The summed E-state index contributed by atoms with van der Waals surface area (Å²) in [6, 6.07) is 29.5. The number of nitrogens with one attached hydrogen (secondary N) is 1. The third-order valence-electron chi connectivity index (χ3n) is 7.78. The number of carbonyl (C=O) groups excluding carboxylic acids is 1. The van der Waals surface area contributed by atoms with E-state index in [4.69, 9.17) is 9.47 Å². The van der Waals surface area contributed by atoms with Crippen molar-refractivity contribution in [1.29, 1.82) is 0 Å². The maximum Gasteiger partial charge on any atom is 0.220 e. The highest BCUT2D eigenvalue weighted by Gasteiger charge is 2.39. The predicted octanol–water partition coefficient (Wildman–Crippen LogP) is 7.35. The van der Waals surface area contributed by atoms with Gasteiger partial charge in [0.05, 0.1) is 12.7 Å². The average Bonchev–Trinajstić information content (AvgIpc) is 2.91. The van der Waals surface area contributed by atoms with E-state index < -0.39 is 0 Å². The second-order valence-corrected chi connectivity index (χ2v) is 11.5. The van der Waals surface area contributed by atoms with Gasteiger partial charge in [-0.3, -0.25) is 4.79 Å². The Morgan fingerprint density at radius 3 is 2.13 bits per heavy atom. The fraction of sp³-hybridized carbons (Fsp3) is 0.441. The highest BCUT2D eigenvalue weighted by atomic mass is 16.5. The minimum Gasteiger partial charge on any atom is -0.491 e. The predicted molar refractivity (Wildman–Crippen MR) is 155 cm³/mol. The summed E-state index contributed by atoms with van der Waals surface area (Å²) in [6.07, 6.45) is 2.45. The first-order valence-electron chi connectivity index (χ1n) is 14.0. The summed E-state index contributed by atoms with van der Waals surface area (Å²) in [6.45, 7) is 10.7. The molecular formula is C34H43NO3. The minimum atomic E-state index is 0.0306. The van der Waals surface area contributed by atoms with Crippen LogP contribution in [-0.4, -0.2) is 31.8 Å². The van der Waals surface area contributed by atoms with Gasteiger partial charge in [0.1, 0.15) is 5.75 Å². The molecule has 0 bridgehead atoms. The molecule has 4 nitrogen and oxygen atoms in total. The molecule has 1 heterocycles. The smallest absolute Gasteiger partial charge is 0.220 e. The lowest BCUT2D eigenvalue weighted by Gasteiger charge is -2.43. The monoisotopic (exact) mass is 513 g/mol. The first-order chi connectivity index (χ1) is 18.3. The molecule has 0 unspecified atom stereocenters. The molecule has 1 fully saturated rings. The van der Waals surface area contributed by atoms with Gasteiger partial charge in [-0.25, -0.2) is 0 Å². The second-order valence-electron chi connectivity index (χ2n) is 11.5. The zero-order chi connectivity index (χ0) is 27.0. The Morgan fingerprint density at radius 2 is 1.53 bits per heavy atom. The number of rotatable bonds is 11. The van der Waals surface area contributed by atoms with E-state index in [2.05, 4.69) is 79.8 Å². The van der Waals surface area contributed by atoms with Crippen molar-refractivity contribution in [3.63, 3.8) is 0 Å². The summed E-state index contributed by atoms with van der Waals surface area (Å²) in [7, 11) is 0. The Bertz CT molecular complexity index is 1130. The van der Waals surface area contributed by atoms with Crippen molar-refractivity contribution in [2.24, 2.45) is 11.3 Å². The number of benzene rings is 3. The molecule has 1 N–H and O–H groups in total. The molecule has 1 saturated heterocycles. The van der Waals surface area contributed by atoms with Crippen molar-refractivity contribution >= 4 is 5.91 Å². The number of ether oxygens (including phenoxy) is 2. The number of amides is 1. The lowest BCUT2D eigenvalue weighted by Crippen LogP contribution is -2.40. The molecule has 4 heteroatoms. The first-order valence-corrected chi connectivity index (χ1v) is 14.0. The van der Waals surface area contributed by atoms with Gasteiger partial charge < -0.3 is 14.8 Å². The number of hydrogen-bond donors (Lipinski definition) is 1. The van der Waals surface area contributed by atoms with Crippen LogP contribution in [0.15, 0.2) is 84.9 Å². The van der Waals surface area contributed by atoms with Gasteiger partial charge in [-0.05, 0) is 72.8 Å². The largest absolute Gasteiger partial charge is 0.491 e. The van der Waals surface area contributed by atoms with E-state index in [1.165, 1.54) is 16.7 Å². The summed E-state index contributed by atoms with van der Waals surface area (Å²) in [5.41, 5.74) is 3.76. The van der Waals surface area contributed by atoms with Crippen LogP contribution in [0.1, 0.15) is 75.5 Å². The molecule has 0 spiro atoms. The lowest BCUT2D eigenvalue weighted by atomic mass is 9.66. The van der Waals surface area contributed by atoms with Crippen LogP contribution < -0.4 is 10.1 Å². The Hall–Kier alpha value is -3.11. The molecule has 0 aromatic heterocycles. The summed E-state index contributed by atoms with van der Waals surface area (Å²) >= 11 is 0. The van der Waals surface area contributed by atoms with Crippen molar-refractivity contribution in [3.8, 4) is 5.75 Å². The van der Waals surface area contributed by atoms with Crippen LogP contribution in [0.4, 0.5) is 0 Å². The highest BCUT2D eigenvalue weighted by molar-refractivity contribution is 5.77. The molecule has 3 aromatic carbocycles. The maximum atomic E-state index is 13.3. The lowest BCUT2D eigenvalue weighted by molar-refractivity contribution is -0.122. The van der Waals surface area contributed by atoms with Crippen molar-refractivity contribution in [2.45, 2.75) is 64.9 Å². The summed E-state index contributed by atoms with van der Waals surface area (Å²) in [5.74, 6) is 1.77. The third-order valence-corrected chi connectivity index (χ3v) is 7.78. The van der Waals surface area contributed by atoms with E-state index in [1.807, 2.05) is 38.1 Å². The first kappa shape index (κ1) is 27.9. The maximum absolute atomic E-state index is 13.3. The van der Waals surface area contributed by atoms with Crippen molar-refractivity contribution < 1.29 is 14.3 Å². The van der Waals surface area contributed by atoms with E-state index in [0.29, 0.717) is 18.9 Å². The van der Waals surface area contributed by atoms with Gasteiger partial charge in [0, 0.05) is 25.5 Å². The highest BCUT2D eigenvalue weighted by Crippen LogP contribution is 2.44. The molecule has 38 heavy (non-hydrogen) atoms. The van der Waals surface area contributed by atoms with Gasteiger partial charge in [0.25, 0.3) is 0 Å². The van der Waals surface area contributed by atoms with Gasteiger partial charge in [-0.1, -0.05) is 86.6 Å². The van der Waals surface area contributed by atoms with Crippen molar-refractivity contribution in [1.82, 2.24) is 5.32 Å². The van der Waals surface area contributed by atoms with Crippen LogP contribution in [-0.2, 0) is 9.53 Å². The third kappa shape index (κ3) is 7.48. The summed E-state index contributed by atoms with van der Waals surface area (Å²) < 4.78 is 11.6. The fourth-order valence-corrected chi connectivity index (χ4v) is 5.87. The molecule has 0 saturated carbocycles. The van der Waals surface area contributed by atoms with Crippen molar-refractivity contribution in [3.05, 3.63) is 102 Å². The number of hydrogen-bond acceptors (Lipinski definition) is 3. The molecule has 3 aromatic rings. The molecule has 1 amide bonds. The van der Waals surface area contributed by atoms with E-state index >= 15 is 0 Å². The van der Waals surface area contributed by atoms with Crippen LogP contribution in [0.5, 0.6) is 5.75 Å². The molecule has 0 radical (unpaired) electrons. The molecule has 202 valence electrons. The molecule has 0 aliphatic carbocycles. The molecule has 3 atom stereocenters. The normalized spacial score (nSPS) is 18.5. The average molecular weight is 514 g/mol. The Morgan fingerprint density at radius 1 is 0.921 bits per heavy atom. The summed E-state index contributed by atoms with van der Waals surface area (Å²) in [4.78, 5) is 13.3. The van der Waals surface area contributed by atoms with Crippen molar-refractivity contribution in [2.75, 3.05) is 19.8 Å². The summed E-state index contributed by atoms with van der Waals surface area (Å²) in [5, 5.41) is 3.26. The van der Waals surface area contributed by atoms with Gasteiger partial charge in [-0.15, -0.1) is 0 Å². The zero-order valence-corrected chi connectivity index (χ0v) is 23.4. The van der Waals surface area contributed by atoms with Crippen LogP contribution in [0.25, 0.3) is 0 Å². The molecule has 1 aliphatic rings. The molecule has 4 rings (SSSR count). The van der Waals surface area contributed by atoms with Crippen LogP contribution in [0, 0.1) is 11.3 Å². The molecular weight excluding hydrogens is 470 g/mol. The van der Waals surface area contributed by atoms with Crippen LogP contribution in [0.3, 0.4) is 0 Å². The van der Waals surface area contributed by atoms with E-state index in [0.717, 1.165) is 31.8 Å². The number of carbonyl (C=O) groups is 1.